The Balaban J connectivity index is 2.62. The summed E-state index contributed by atoms with van der Waals surface area (Å²) < 4.78 is 10.8. The molecule has 3 heteroatoms. The van der Waals surface area contributed by atoms with Crippen LogP contribution < -0.4 is 20.4 Å². The van der Waals surface area contributed by atoms with Crippen LogP contribution in [0.4, 0.5) is 0 Å². The van der Waals surface area contributed by atoms with Gasteiger partial charge in [-0.25, -0.2) is 0 Å². The lowest BCUT2D eigenvalue weighted by Crippen LogP contribution is -2.46. The summed E-state index contributed by atoms with van der Waals surface area (Å²) in [5.41, 5.74) is 8.02. The molecule has 2 aromatic carbocycles. The van der Waals surface area contributed by atoms with Gasteiger partial charge >= 0.3 is 0 Å². The van der Waals surface area contributed by atoms with Gasteiger partial charge in [-0.1, -0.05) is 46.4 Å². The van der Waals surface area contributed by atoms with Gasteiger partial charge in [0.05, 0.1) is 14.2 Å². The standard InChI is InChI=1S/C20H27BO2/c1-8-21(19-13(2)9-17(22-6)10-14(19)3)20-15(4)11-18(23-7)12-16(20)5/h9-12H,8H2,1-7H3. The summed E-state index contributed by atoms with van der Waals surface area (Å²) in [5.74, 6) is 1.86. The van der Waals surface area contributed by atoms with Crippen LogP contribution in [0.1, 0.15) is 29.2 Å². The molecule has 0 saturated carbocycles. The number of methoxy groups -OCH3 is 2. The van der Waals surface area contributed by atoms with E-state index in [9.17, 15) is 0 Å². The van der Waals surface area contributed by atoms with Crippen LogP contribution >= 0.6 is 0 Å². The van der Waals surface area contributed by atoms with Crippen molar-refractivity contribution in [3.63, 3.8) is 0 Å². The van der Waals surface area contributed by atoms with Crippen molar-refractivity contribution in [1.82, 2.24) is 0 Å². The lowest BCUT2D eigenvalue weighted by Gasteiger charge is -2.23. The summed E-state index contributed by atoms with van der Waals surface area (Å²) >= 11 is 0. The Morgan fingerprint density at radius 3 is 1.22 bits per heavy atom. The molecule has 122 valence electrons. The van der Waals surface area contributed by atoms with Gasteiger partial charge in [-0.2, -0.15) is 0 Å². The van der Waals surface area contributed by atoms with E-state index in [1.807, 2.05) is 0 Å². The summed E-state index contributed by atoms with van der Waals surface area (Å²) in [6, 6.07) is 8.55. The van der Waals surface area contributed by atoms with Crippen molar-refractivity contribution < 1.29 is 9.47 Å². The number of rotatable bonds is 5. The highest BCUT2D eigenvalue weighted by Gasteiger charge is 2.25. The van der Waals surface area contributed by atoms with Gasteiger partial charge in [0, 0.05) is 0 Å². The smallest absolute Gasteiger partial charge is 0.210 e. The van der Waals surface area contributed by atoms with E-state index >= 15 is 0 Å². The van der Waals surface area contributed by atoms with E-state index in [1.165, 1.54) is 33.2 Å². The van der Waals surface area contributed by atoms with Crippen LogP contribution in [-0.2, 0) is 0 Å². The molecule has 0 fully saturated rings. The minimum absolute atomic E-state index is 0.395. The molecule has 0 spiro atoms. The third-order valence-corrected chi connectivity index (χ3v) is 4.71. The molecule has 0 heterocycles. The van der Waals surface area contributed by atoms with E-state index in [2.05, 4.69) is 58.9 Å². The minimum atomic E-state index is 0.395. The Labute approximate surface area is 140 Å². The Morgan fingerprint density at radius 1 is 0.696 bits per heavy atom. The van der Waals surface area contributed by atoms with Crippen LogP contribution in [0.3, 0.4) is 0 Å². The van der Waals surface area contributed by atoms with Gasteiger partial charge < -0.3 is 9.47 Å². The van der Waals surface area contributed by atoms with E-state index in [0.29, 0.717) is 6.71 Å². The second kappa shape index (κ2) is 7.12. The fraction of sp³-hybridized carbons (Fsp3) is 0.400. The van der Waals surface area contributed by atoms with E-state index in [-0.39, 0.29) is 0 Å². The zero-order valence-electron chi connectivity index (χ0n) is 15.4. The first-order chi connectivity index (χ1) is 10.9. The molecule has 0 atom stereocenters. The van der Waals surface area contributed by atoms with E-state index in [4.69, 9.17) is 9.47 Å². The molecule has 0 N–H and O–H groups in total. The molecule has 0 aliphatic heterocycles. The van der Waals surface area contributed by atoms with Crippen molar-refractivity contribution in [3.05, 3.63) is 46.5 Å². The molecule has 2 aromatic rings. The second-order valence-corrected chi connectivity index (χ2v) is 6.31. The molecule has 0 saturated heterocycles. The highest BCUT2D eigenvalue weighted by molar-refractivity contribution is 6.86. The quantitative estimate of drug-likeness (QED) is 0.786. The maximum absolute atomic E-state index is 5.41. The molecule has 23 heavy (non-hydrogen) atoms. The monoisotopic (exact) mass is 310 g/mol. The highest BCUT2D eigenvalue weighted by Crippen LogP contribution is 2.19. The van der Waals surface area contributed by atoms with E-state index < -0.39 is 0 Å². The fourth-order valence-electron chi connectivity index (χ4n) is 3.76. The van der Waals surface area contributed by atoms with E-state index in [1.54, 1.807) is 14.2 Å². The molecule has 0 aliphatic carbocycles. The molecule has 0 radical (unpaired) electrons. The van der Waals surface area contributed by atoms with Crippen molar-refractivity contribution >= 4 is 17.6 Å². The Hall–Kier alpha value is -1.90. The third kappa shape index (κ3) is 3.39. The van der Waals surface area contributed by atoms with Crippen molar-refractivity contribution in [2.75, 3.05) is 14.2 Å². The van der Waals surface area contributed by atoms with Crippen molar-refractivity contribution in [2.45, 2.75) is 40.9 Å². The largest absolute Gasteiger partial charge is 0.497 e. The zero-order chi connectivity index (χ0) is 17.1. The number of hydrogen-bond donors (Lipinski definition) is 0. The SMILES string of the molecule is CCB(c1c(C)cc(OC)cc1C)c1c(C)cc(OC)cc1C. The van der Waals surface area contributed by atoms with E-state index in [0.717, 1.165) is 17.8 Å². The van der Waals surface area contributed by atoms with Crippen LogP contribution in [0.25, 0.3) is 0 Å². The van der Waals surface area contributed by atoms with Crippen LogP contribution in [0.5, 0.6) is 11.5 Å². The molecular weight excluding hydrogens is 283 g/mol. The normalized spacial score (nSPS) is 10.6. The summed E-state index contributed by atoms with van der Waals surface area (Å²) in [4.78, 5) is 0. The van der Waals surface area contributed by atoms with Gasteiger partial charge in [-0.15, -0.1) is 0 Å². The first kappa shape index (κ1) is 17.5. The molecule has 0 amide bonds. The summed E-state index contributed by atoms with van der Waals surface area (Å²) in [5, 5.41) is 0. The zero-order valence-corrected chi connectivity index (χ0v) is 15.4. The van der Waals surface area contributed by atoms with Gasteiger partial charge in [-0.05, 0) is 52.0 Å². The topological polar surface area (TPSA) is 18.5 Å². The lowest BCUT2D eigenvalue weighted by atomic mass is 9.36. The first-order valence-electron chi connectivity index (χ1n) is 8.23. The fourth-order valence-corrected chi connectivity index (χ4v) is 3.76. The van der Waals surface area contributed by atoms with Crippen LogP contribution in [-0.4, -0.2) is 20.9 Å². The number of benzene rings is 2. The average Bonchev–Trinajstić information content (AvgIpc) is 2.51. The van der Waals surface area contributed by atoms with Gasteiger partial charge in [0.1, 0.15) is 11.5 Å². The molecule has 0 aliphatic rings. The van der Waals surface area contributed by atoms with Gasteiger partial charge in [0.25, 0.3) is 0 Å². The molecular formula is C20H27BO2. The Kier molecular flexibility index (Phi) is 5.40. The summed E-state index contributed by atoms with van der Waals surface area (Å²) in [6.07, 6.45) is 1.07. The molecule has 2 rings (SSSR count). The van der Waals surface area contributed by atoms with Gasteiger partial charge in [-0.3, -0.25) is 0 Å². The predicted octanol–water partition coefficient (Wildman–Crippen LogP) is 3.57. The molecule has 0 aromatic heterocycles. The van der Waals surface area contributed by atoms with Gasteiger partial charge in [0.2, 0.25) is 6.71 Å². The Bertz CT molecular complexity index is 601. The van der Waals surface area contributed by atoms with Crippen molar-refractivity contribution in [1.29, 1.82) is 0 Å². The van der Waals surface area contributed by atoms with Crippen LogP contribution in [0, 0.1) is 27.7 Å². The second-order valence-electron chi connectivity index (χ2n) is 6.31. The molecule has 0 bridgehead atoms. The highest BCUT2D eigenvalue weighted by atomic mass is 16.5. The summed E-state index contributed by atoms with van der Waals surface area (Å²) in [6.45, 7) is 11.4. The number of hydrogen-bond acceptors (Lipinski definition) is 2. The van der Waals surface area contributed by atoms with Crippen molar-refractivity contribution in [2.24, 2.45) is 0 Å². The molecule has 2 nitrogen and oxygen atoms in total. The Morgan fingerprint density at radius 2 is 1.00 bits per heavy atom. The molecule has 0 unspecified atom stereocenters. The number of ether oxygens (including phenoxy) is 2. The minimum Gasteiger partial charge on any atom is -0.497 e. The van der Waals surface area contributed by atoms with Crippen molar-refractivity contribution in [3.8, 4) is 11.5 Å². The van der Waals surface area contributed by atoms with Gasteiger partial charge in [0.15, 0.2) is 0 Å². The maximum Gasteiger partial charge on any atom is 0.210 e. The summed E-state index contributed by atoms with van der Waals surface area (Å²) in [7, 11) is 3.45. The van der Waals surface area contributed by atoms with Crippen LogP contribution in [0.15, 0.2) is 24.3 Å². The lowest BCUT2D eigenvalue weighted by molar-refractivity contribution is 0.414. The first-order valence-corrected chi connectivity index (χ1v) is 8.23. The third-order valence-electron chi connectivity index (χ3n) is 4.71. The maximum atomic E-state index is 5.41. The predicted molar refractivity (Wildman–Crippen MR) is 100 cm³/mol. The number of aryl methyl sites for hydroxylation is 4. The van der Waals surface area contributed by atoms with Crippen LogP contribution in [0.2, 0.25) is 6.32 Å². The average molecular weight is 310 g/mol.